The zero-order valence-electron chi connectivity index (χ0n) is 16.9. The quantitative estimate of drug-likeness (QED) is 0.323. The molecule has 0 saturated heterocycles. The lowest BCUT2D eigenvalue weighted by Crippen LogP contribution is -2.32. The highest BCUT2D eigenvalue weighted by Gasteiger charge is 2.31. The Hall–Kier alpha value is -4.04. The molecule has 2 aromatic carbocycles. The first-order valence-corrected chi connectivity index (χ1v) is 9.68. The minimum atomic E-state index is -4.73. The summed E-state index contributed by atoms with van der Waals surface area (Å²) in [5.74, 6) is 5.31. The maximum atomic E-state index is 12.3. The van der Waals surface area contributed by atoms with E-state index >= 15 is 0 Å². The molecule has 1 atom stereocenters. The molecule has 0 unspecified atom stereocenters. The lowest BCUT2D eigenvalue weighted by Gasteiger charge is -2.21. The second-order valence-corrected chi connectivity index (χ2v) is 6.99. The molecule has 11 heteroatoms. The fraction of sp³-hybridized carbons (Fsp3) is 0.227. The Labute approximate surface area is 185 Å². The number of fused-ring (bicyclic) bond motifs is 1. The van der Waals surface area contributed by atoms with Gasteiger partial charge in [0, 0.05) is 10.5 Å². The van der Waals surface area contributed by atoms with Crippen molar-refractivity contribution < 1.29 is 32.3 Å². The van der Waals surface area contributed by atoms with Gasteiger partial charge in [-0.05, 0) is 40.3 Å². The number of ether oxygens (including phenoxy) is 3. The summed E-state index contributed by atoms with van der Waals surface area (Å²) in [6.45, 7) is 0.689. The van der Waals surface area contributed by atoms with E-state index in [1.54, 1.807) is 12.1 Å². The van der Waals surface area contributed by atoms with E-state index in [2.05, 4.69) is 21.6 Å². The third kappa shape index (κ3) is 5.81. The van der Waals surface area contributed by atoms with Gasteiger partial charge in [-0.25, -0.2) is 0 Å². The van der Waals surface area contributed by atoms with E-state index in [0.29, 0.717) is 17.7 Å². The molecule has 0 saturated carbocycles. The molecule has 0 aliphatic carbocycles. The van der Waals surface area contributed by atoms with Crippen molar-refractivity contribution in [2.24, 2.45) is 0 Å². The minimum absolute atomic E-state index is 0.119. The van der Waals surface area contributed by atoms with Gasteiger partial charge < -0.3 is 24.3 Å². The normalized spacial score (nSPS) is 15.1. The van der Waals surface area contributed by atoms with Crippen molar-refractivity contribution in [3.05, 3.63) is 70.4 Å². The summed E-state index contributed by atoms with van der Waals surface area (Å²) < 4.78 is 53.4. The topological polar surface area (TPSA) is 88.7 Å². The molecule has 0 N–H and O–H groups in total. The second kappa shape index (κ2) is 9.22. The van der Waals surface area contributed by atoms with E-state index in [1.165, 1.54) is 35.0 Å². The van der Waals surface area contributed by atoms with Crippen molar-refractivity contribution in [2.75, 3.05) is 13.2 Å². The molecule has 0 fully saturated rings. The average molecular weight is 459 g/mol. The van der Waals surface area contributed by atoms with Gasteiger partial charge >= 0.3 is 18.2 Å². The van der Waals surface area contributed by atoms with Crippen LogP contribution in [-0.4, -0.2) is 40.2 Å². The van der Waals surface area contributed by atoms with Gasteiger partial charge in [0.25, 0.3) is 0 Å². The monoisotopic (exact) mass is 459 g/mol. The Balaban J connectivity index is 1.34. The molecule has 3 aromatic rings. The Morgan fingerprint density at radius 3 is 2.73 bits per heavy atom. The fourth-order valence-corrected chi connectivity index (χ4v) is 3.18. The first-order valence-electron chi connectivity index (χ1n) is 9.68. The Kier molecular flexibility index (Phi) is 6.19. The second-order valence-electron chi connectivity index (χ2n) is 6.99. The van der Waals surface area contributed by atoms with Crippen molar-refractivity contribution in [2.45, 2.75) is 19.0 Å². The maximum Gasteiger partial charge on any atom is 0.573 e. The van der Waals surface area contributed by atoms with Crippen molar-refractivity contribution in [1.29, 1.82) is 0 Å². The standard InChI is InChI=1S/C22H16F3N3O5/c23-22(24,25)33-18-8-6-16(7-9-18)17-5-1-3-15(11-17)4-2-10-31-19-12-27-13-20(28(29)30)26-21(27)32-14-19/h1,3,5-9,11,13,19H,10,12,14H2/t19-/m0/s1. The Morgan fingerprint density at radius 1 is 1.21 bits per heavy atom. The summed E-state index contributed by atoms with van der Waals surface area (Å²) in [6.07, 6.45) is -3.77. The molecule has 0 amide bonds. The van der Waals surface area contributed by atoms with E-state index in [-0.39, 0.29) is 36.9 Å². The van der Waals surface area contributed by atoms with Crippen molar-refractivity contribution in [1.82, 2.24) is 9.55 Å². The van der Waals surface area contributed by atoms with Crippen LogP contribution >= 0.6 is 0 Å². The van der Waals surface area contributed by atoms with Crippen LogP contribution in [0, 0.1) is 22.0 Å². The highest BCUT2D eigenvalue weighted by Crippen LogP contribution is 2.27. The van der Waals surface area contributed by atoms with Crippen LogP contribution in [0.3, 0.4) is 0 Å². The molecule has 2 heterocycles. The lowest BCUT2D eigenvalue weighted by atomic mass is 10.0. The van der Waals surface area contributed by atoms with E-state index in [1.807, 2.05) is 12.1 Å². The number of imidazole rings is 1. The molecule has 1 aliphatic rings. The number of nitrogens with zero attached hydrogens (tertiary/aromatic N) is 3. The van der Waals surface area contributed by atoms with E-state index < -0.39 is 11.3 Å². The average Bonchev–Trinajstić information content (AvgIpc) is 3.20. The van der Waals surface area contributed by atoms with Crippen LogP contribution in [-0.2, 0) is 11.3 Å². The van der Waals surface area contributed by atoms with E-state index in [9.17, 15) is 23.3 Å². The highest BCUT2D eigenvalue weighted by molar-refractivity contribution is 5.66. The summed E-state index contributed by atoms with van der Waals surface area (Å²) in [7, 11) is 0. The van der Waals surface area contributed by atoms with Crippen LogP contribution in [0.25, 0.3) is 11.1 Å². The molecule has 33 heavy (non-hydrogen) atoms. The summed E-state index contributed by atoms with van der Waals surface area (Å²) >= 11 is 0. The smallest absolute Gasteiger partial charge is 0.443 e. The number of halogens is 3. The summed E-state index contributed by atoms with van der Waals surface area (Å²) in [5, 5.41) is 10.8. The number of nitro groups is 1. The number of hydrogen-bond acceptors (Lipinski definition) is 6. The Bertz CT molecular complexity index is 1210. The number of hydrogen-bond donors (Lipinski definition) is 0. The van der Waals surface area contributed by atoms with Crippen LogP contribution < -0.4 is 9.47 Å². The van der Waals surface area contributed by atoms with Crippen molar-refractivity contribution in [3.8, 4) is 34.7 Å². The number of aromatic nitrogens is 2. The molecule has 0 spiro atoms. The fourth-order valence-electron chi connectivity index (χ4n) is 3.18. The molecule has 1 aromatic heterocycles. The Morgan fingerprint density at radius 2 is 2.00 bits per heavy atom. The van der Waals surface area contributed by atoms with Crippen molar-refractivity contribution in [3.63, 3.8) is 0 Å². The number of rotatable bonds is 5. The van der Waals surface area contributed by atoms with Gasteiger partial charge in [-0.1, -0.05) is 36.1 Å². The zero-order chi connectivity index (χ0) is 23.4. The van der Waals surface area contributed by atoms with Gasteiger partial charge in [-0.15, -0.1) is 13.2 Å². The van der Waals surface area contributed by atoms with Gasteiger partial charge in [-0.3, -0.25) is 4.57 Å². The zero-order valence-corrected chi connectivity index (χ0v) is 16.9. The van der Waals surface area contributed by atoms with Gasteiger partial charge in [0.1, 0.15) is 31.3 Å². The molecular formula is C22H16F3N3O5. The molecule has 170 valence electrons. The van der Waals surface area contributed by atoms with Crippen LogP contribution in [0.2, 0.25) is 0 Å². The highest BCUT2D eigenvalue weighted by atomic mass is 19.4. The first-order chi connectivity index (χ1) is 15.8. The predicted molar refractivity (Wildman–Crippen MR) is 110 cm³/mol. The molecular weight excluding hydrogens is 443 g/mol. The van der Waals surface area contributed by atoms with Gasteiger partial charge in [0.15, 0.2) is 0 Å². The van der Waals surface area contributed by atoms with Gasteiger partial charge in [0.2, 0.25) is 0 Å². The lowest BCUT2D eigenvalue weighted by molar-refractivity contribution is -0.389. The summed E-state index contributed by atoms with van der Waals surface area (Å²) in [6, 6.07) is 13.0. The van der Waals surface area contributed by atoms with Crippen LogP contribution in [0.4, 0.5) is 19.0 Å². The van der Waals surface area contributed by atoms with Gasteiger partial charge in [-0.2, -0.15) is 0 Å². The molecule has 4 rings (SSSR count). The third-order valence-corrected chi connectivity index (χ3v) is 4.62. The summed E-state index contributed by atoms with van der Waals surface area (Å²) in [4.78, 5) is 14.0. The predicted octanol–water partition coefficient (Wildman–Crippen LogP) is 4.19. The third-order valence-electron chi connectivity index (χ3n) is 4.62. The minimum Gasteiger partial charge on any atom is -0.443 e. The number of benzene rings is 2. The molecule has 0 radical (unpaired) electrons. The molecule has 0 bridgehead atoms. The van der Waals surface area contributed by atoms with Crippen LogP contribution in [0.5, 0.6) is 11.8 Å². The first kappa shape index (κ1) is 22.2. The maximum absolute atomic E-state index is 12.3. The molecule has 1 aliphatic heterocycles. The SMILES string of the molecule is O=[N+]([O-])c1cn2c(n1)OC[C@@H](OCC#Cc1cccc(-c3ccc(OC(F)(F)F)cc3)c1)C2. The van der Waals surface area contributed by atoms with Crippen LogP contribution in [0.15, 0.2) is 54.7 Å². The van der Waals surface area contributed by atoms with Gasteiger partial charge in [0.05, 0.1) is 6.54 Å². The largest absolute Gasteiger partial charge is 0.573 e. The van der Waals surface area contributed by atoms with Crippen LogP contribution in [0.1, 0.15) is 5.56 Å². The van der Waals surface area contributed by atoms with E-state index in [4.69, 9.17) is 9.47 Å². The number of alkyl halides is 3. The molecule has 8 nitrogen and oxygen atoms in total. The summed E-state index contributed by atoms with van der Waals surface area (Å²) in [5.41, 5.74) is 2.21. The van der Waals surface area contributed by atoms with Crippen molar-refractivity contribution >= 4 is 5.82 Å². The van der Waals surface area contributed by atoms with E-state index in [0.717, 1.165) is 5.56 Å².